The lowest BCUT2D eigenvalue weighted by Crippen LogP contribution is -2.02. The first-order valence-corrected chi connectivity index (χ1v) is 6.24. The Hall–Kier alpha value is -3.80. The minimum Gasteiger partial charge on any atom is -0.277 e. The molecule has 0 bridgehead atoms. The van der Waals surface area contributed by atoms with Gasteiger partial charge in [-0.2, -0.15) is 10.4 Å². The van der Waals surface area contributed by atoms with Gasteiger partial charge >= 0.3 is 0 Å². The van der Waals surface area contributed by atoms with Crippen LogP contribution in [0.25, 0.3) is 0 Å². The number of non-ortho nitro benzene ring substituents is 2. The topological polar surface area (TPSA) is 134 Å². The van der Waals surface area contributed by atoms with Gasteiger partial charge in [0.15, 0.2) is 5.71 Å². The number of hydrogen-bond donors (Lipinski definition) is 1. The van der Waals surface area contributed by atoms with Crippen molar-refractivity contribution in [2.45, 2.75) is 0 Å². The fourth-order valence-electron chi connectivity index (χ4n) is 1.67. The maximum atomic E-state index is 10.6. The van der Waals surface area contributed by atoms with Crippen LogP contribution in [-0.2, 0) is 0 Å². The lowest BCUT2D eigenvalue weighted by molar-refractivity contribution is -0.385. The van der Waals surface area contributed by atoms with Gasteiger partial charge in [0, 0.05) is 29.8 Å². The minimum atomic E-state index is -0.540. The molecule has 0 aliphatic rings. The molecule has 0 aromatic heterocycles. The van der Waals surface area contributed by atoms with Crippen molar-refractivity contribution in [3.8, 4) is 6.07 Å². The van der Waals surface area contributed by atoms with Gasteiger partial charge in [0.1, 0.15) is 6.07 Å². The number of nitro benzene ring substituents is 2. The molecule has 0 spiro atoms. The summed E-state index contributed by atoms with van der Waals surface area (Å²) in [5.41, 5.74) is 3.36. The summed E-state index contributed by atoms with van der Waals surface area (Å²) in [4.78, 5) is 20.1. The Kier molecular flexibility index (Phi) is 4.59. The second-order valence-electron chi connectivity index (χ2n) is 4.29. The third-order valence-electron chi connectivity index (χ3n) is 2.83. The smallest absolute Gasteiger partial charge is 0.269 e. The monoisotopic (exact) mass is 311 g/mol. The van der Waals surface area contributed by atoms with Crippen LogP contribution in [0.2, 0.25) is 0 Å². The zero-order valence-electron chi connectivity index (χ0n) is 11.5. The number of nitro groups is 2. The van der Waals surface area contributed by atoms with Crippen LogP contribution in [-0.4, -0.2) is 15.6 Å². The summed E-state index contributed by atoms with van der Waals surface area (Å²) in [6, 6.07) is 12.8. The van der Waals surface area contributed by atoms with Gasteiger partial charge in [0.2, 0.25) is 0 Å². The Morgan fingerprint density at radius 2 is 1.43 bits per heavy atom. The number of nitrogens with one attached hydrogen (secondary N) is 1. The number of anilines is 1. The quantitative estimate of drug-likeness (QED) is 0.512. The Morgan fingerprint density at radius 1 is 0.957 bits per heavy atom. The van der Waals surface area contributed by atoms with Gasteiger partial charge in [-0.05, 0) is 24.3 Å². The molecule has 0 heterocycles. The molecule has 9 heteroatoms. The summed E-state index contributed by atoms with van der Waals surface area (Å²) in [6.45, 7) is 0. The molecule has 2 aromatic carbocycles. The normalized spacial score (nSPS) is 10.7. The standard InChI is InChI=1S/C14H9N5O4/c15-9-14(10-1-5-12(6-2-10)18(20)21)17-16-11-3-7-13(8-4-11)19(22)23/h1-8,16H/b17-14+. The molecule has 2 rings (SSSR count). The maximum absolute atomic E-state index is 10.6. The number of rotatable bonds is 5. The molecule has 0 aliphatic heterocycles. The van der Waals surface area contributed by atoms with Crippen molar-refractivity contribution in [1.82, 2.24) is 0 Å². The van der Waals surface area contributed by atoms with E-state index in [1.807, 2.05) is 6.07 Å². The fraction of sp³-hybridized carbons (Fsp3) is 0. The van der Waals surface area contributed by atoms with E-state index in [0.717, 1.165) is 0 Å². The summed E-state index contributed by atoms with van der Waals surface area (Å²) in [6.07, 6.45) is 0. The Balaban J connectivity index is 2.17. The van der Waals surface area contributed by atoms with E-state index in [2.05, 4.69) is 10.5 Å². The van der Waals surface area contributed by atoms with Crippen LogP contribution in [0.3, 0.4) is 0 Å². The van der Waals surface area contributed by atoms with Crippen molar-refractivity contribution in [1.29, 1.82) is 5.26 Å². The number of benzene rings is 2. The zero-order valence-corrected chi connectivity index (χ0v) is 11.5. The van der Waals surface area contributed by atoms with Crippen LogP contribution in [0.4, 0.5) is 17.1 Å². The average molecular weight is 311 g/mol. The highest BCUT2D eigenvalue weighted by molar-refractivity contribution is 6.11. The summed E-state index contributed by atoms with van der Waals surface area (Å²) < 4.78 is 0. The lowest BCUT2D eigenvalue weighted by atomic mass is 10.1. The molecule has 9 nitrogen and oxygen atoms in total. The zero-order chi connectivity index (χ0) is 16.8. The molecule has 114 valence electrons. The van der Waals surface area contributed by atoms with Crippen LogP contribution in [0.1, 0.15) is 5.56 Å². The van der Waals surface area contributed by atoms with E-state index in [0.29, 0.717) is 11.3 Å². The molecule has 0 saturated carbocycles. The number of hydrazone groups is 1. The molecular formula is C14H9N5O4. The second-order valence-corrected chi connectivity index (χ2v) is 4.29. The molecule has 0 atom stereocenters. The number of hydrogen-bond acceptors (Lipinski definition) is 7. The summed E-state index contributed by atoms with van der Waals surface area (Å²) in [7, 11) is 0. The Morgan fingerprint density at radius 3 is 1.87 bits per heavy atom. The molecule has 0 amide bonds. The van der Waals surface area contributed by atoms with Gasteiger partial charge in [-0.15, -0.1) is 0 Å². The van der Waals surface area contributed by atoms with E-state index >= 15 is 0 Å². The third kappa shape index (κ3) is 3.85. The van der Waals surface area contributed by atoms with Gasteiger partial charge in [0.05, 0.1) is 15.5 Å². The van der Waals surface area contributed by atoms with E-state index in [-0.39, 0.29) is 17.1 Å². The fourth-order valence-corrected chi connectivity index (χ4v) is 1.67. The SMILES string of the molecule is N#C/C(=N\Nc1ccc([N+](=O)[O-])cc1)c1ccc([N+](=O)[O-])cc1. The first kappa shape index (κ1) is 15.6. The van der Waals surface area contributed by atoms with Crippen molar-refractivity contribution < 1.29 is 9.85 Å². The number of nitrogens with zero attached hydrogens (tertiary/aromatic N) is 4. The van der Waals surface area contributed by atoms with Crippen LogP contribution in [0.5, 0.6) is 0 Å². The second kappa shape index (κ2) is 6.77. The molecule has 0 aliphatic carbocycles. The summed E-state index contributed by atoms with van der Waals surface area (Å²) in [5, 5.41) is 34.1. The summed E-state index contributed by atoms with van der Waals surface area (Å²) in [5.74, 6) is 0. The van der Waals surface area contributed by atoms with Gasteiger partial charge in [-0.3, -0.25) is 25.7 Å². The molecular weight excluding hydrogens is 302 g/mol. The summed E-state index contributed by atoms with van der Waals surface area (Å²) >= 11 is 0. The molecule has 0 fully saturated rings. The third-order valence-corrected chi connectivity index (χ3v) is 2.83. The first-order valence-electron chi connectivity index (χ1n) is 6.24. The van der Waals surface area contributed by atoms with E-state index in [4.69, 9.17) is 5.26 Å². The van der Waals surface area contributed by atoms with Crippen molar-refractivity contribution in [3.05, 3.63) is 74.3 Å². The molecule has 0 saturated heterocycles. The Bertz CT molecular complexity index is 807. The largest absolute Gasteiger partial charge is 0.277 e. The molecule has 23 heavy (non-hydrogen) atoms. The van der Waals surface area contributed by atoms with Crippen molar-refractivity contribution in [2.24, 2.45) is 5.10 Å². The van der Waals surface area contributed by atoms with Crippen LogP contribution in [0, 0.1) is 31.6 Å². The Labute approximate surface area is 129 Å². The average Bonchev–Trinajstić information content (AvgIpc) is 2.56. The highest BCUT2D eigenvalue weighted by Crippen LogP contribution is 2.16. The van der Waals surface area contributed by atoms with E-state index in [9.17, 15) is 20.2 Å². The van der Waals surface area contributed by atoms with E-state index in [1.54, 1.807) is 0 Å². The van der Waals surface area contributed by atoms with Crippen LogP contribution < -0.4 is 5.43 Å². The molecule has 0 radical (unpaired) electrons. The molecule has 1 N–H and O–H groups in total. The molecule has 0 unspecified atom stereocenters. The minimum absolute atomic E-state index is 0.0262. The van der Waals surface area contributed by atoms with Crippen LogP contribution >= 0.6 is 0 Å². The number of nitriles is 1. The van der Waals surface area contributed by atoms with E-state index < -0.39 is 9.85 Å². The predicted octanol–water partition coefficient (Wildman–Crippen LogP) is 2.84. The molecule has 2 aromatic rings. The van der Waals surface area contributed by atoms with Crippen molar-refractivity contribution >= 4 is 22.8 Å². The highest BCUT2D eigenvalue weighted by Gasteiger charge is 2.08. The predicted molar refractivity (Wildman–Crippen MR) is 82.0 cm³/mol. The highest BCUT2D eigenvalue weighted by atomic mass is 16.6. The van der Waals surface area contributed by atoms with Gasteiger partial charge in [0.25, 0.3) is 11.4 Å². The van der Waals surface area contributed by atoms with Crippen molar-refractivity contribution in [3.63, 3.8) is 0 Å². The first-order chi connectivity index (χ1) is 11.0. The van der Waals surface area contributed by atoms with Gasteiger partial charge in [-0.1, -0.05) is 0 Å². The van der Waals surface area contributed by atoms with Crippen LogP contribution in [0.15, 0.2) is 53.6 Å². The van der Waals surface area contributed by atoms with Gasteiger partial charge < -0.3 is 0 Å². The lowest BCUT2D eigenvalue weighted by Gasteiger charge is -2.02. The van der Waals surface area contributed by atoms with Crippen molar-refractivity contribution in [2.75, 3.05) is 5.43 Å². The van der Waals surface area contributed by atoms with E-state index in [1.165, 1.54) is 48.5 Å². The van der Waals surface area contributed by atoms with Gasteiger partial charge in [-0.25, -0.2) is 0 Å². The maximum Gasteiger partial charge on any atom is 0.269 e.